The number of hydrogen-bond donors (Lipinski definition) is 1. The van der Waals surface area contributed by atoms with Crippen molar-refractivity contribution in [3.63, 3.8) is 0 Å². The van der Waals surface area contributed by atoms with Gasteiger partial charge in [-0.1, -0.05) is 0 Å². The standard InChI is InChI=1S/C11H14O4/c1-7-4-8(9(13)6-12)11(15-3)5-10(7)14-2/h4-5,12H,6H2,1-3H3. The predicted octanol–water partition coefficient (Wildman–Crippen LogP) is 1.19. The second kappa shape index (κ2) is 4.79. The lowest BCUT2D eigenvalue weighted by Gasteiger charge is -2.11. The van der Waals surface area contributed by atoms with Crippen molar-refractivity contribution in [3.05, 3.63) is 23.3 Å². The molecule has 4 heteroatoms. The molecule has 4 nitrogen and oxygen atoms in total. The van der Waals surface area contributed by atoms with Gasteiger partial charge in [-0.15, -0.1) is 0 Å². The van der Waals surface area contributed by atoms with Crippen molar-refractivity contribution in [2.24, 2.45) is 0 Å². The lowest BCUT2D eigenvalue weighted by Crippen LogP contribution is -2.07. The molecule has 0 aliphatic heterocycles. The molecule has 1 aromatic rings. The van der Waals surface area contributed by atoms with E-state index < -0.39 is 6.61 Å². The van der Waals surface area contributed by atoms with Crippen LogP contribution in [0, 0.1) is 6.92 Å². The molecule has 0 aliphatic rings. The van der Waals surface area contributed by atoms with Gasteiger partial charge in [0.25, 0.3) is 0 Å². The summed E-state index contributed by atoms with van der Waals surface area (Å²) in [6, 6.07) is 3.29. The molecule has 1 rings (SSSR count). The maximum absolute atomic E-state index is 11.4. The van der Waals surface area contributed by atoms with Gasteiger partial charge in [0, 0.05) is 6.07 Å². The number of carbonyl (C=O) groups excluding carboxylic acids is 1. The van der Waals surface area contributed by atoms with Gasteiger partial charge in [0.15, 0.2) is 5.78 Å². The topological polar surface area (TPSA) is 55.8 Å². The zero-order chi connectivity index (χ0) is 11.4. The number of benzene rings is 1. The molecule has 0 unspecified atom stereocenters. The molecular weight excluding hydrogens is 196 g/mol. The van der Waals surface area contributed by atoms with E-state index in [2.05, 4.69) is 0 Å². The van der Waals surface area contributed by atoms with E-state index in [4.69, 9.17) is 14.6 Å². The first-order valence-electron chi connectivity index (χ1n) is 4.50. The minimum Gasteiger partial charge on any atom is -0.496 e. The number of methoxy groups -OCH3 is 2. The number of ether oxygens (including phenoxy) is 2. The minimum absolute atomic E-state index is 0.363. The fraction of sp³-hybridized carbons (Fsp3) is 0.364. The molecule has 1 aromatic carbocycles. The third-order valence-electron chi connectivity index (χ3n) is 2.16. The van der Waals surface area contributed by atoms with Crippen LogP contribution in [0.15, 0.2) is 12.1 Å². The number of aryl methyl sites for hydroxylation is 1. The largest absolute Gasteiger partial charge is 0.496 e. The molecule has 82 valence electrons. The molecule has 0 amide bonds. The van der Waals surface area contributed by atoms with Crippen LogP contribution in [0.4, 0.5) is 0 Å². The normalized spacial score (nSPS) is 9.87. The Morgan fingerprint density at radius 3 is 2.33 bits per heavy atom. The molecule has 0 bridgehead atoms. The average Bonchev–Trinajstić information content (AvgIpc) is 2.27. The van der Waals surface area contributed by atoms with Gasteiger partial charge >= 0.3 is 0 Å². The van der Waals surface area contributed by atoms with Crippen LogP contribution in [-0.4, -0.2) is 31.7 Å². The smallest absolute Gasteiger partial charge is 0.191 e. The summed E-state index contributed by atoms with van der Waals surface area (Å²) in [6.07, 6.45) is 0. The minimum atomic E-state index is -0.526. The highest BCUT2D eigenvalue weighted by atomic mass is 16.5. The van der Waals surface area contributed by atoms with E-state index >= 15 is 0 Å². The van der Waals surface area contributed by atoms with Crippen LogP contribution in [0.2, 0.25) is 0 Å². The highest BCUT2D eigenvalue weighted by Gasteiger charge is 2.14. The van der Waals surface area contributed by atoms with E-state index in [-0.39, 0.29) is 5.78 Å². The molecule has 0 saturated carbocycles. The first-order valence-corrected chi connectivity index (χ1v) is 4.50. The third kappa shape index (κ3) is 2.27. The summed E-state index contributed by atoms with van der Waals surface area (Å²) in [6.45, 7) is 1.30. The molecule has 0 aromatic heterocycles. The number of carbonyl (C=O) groups is 1. The lowest BCUT2D eigenvalue weighted by molar-refractivity contribution is 0.0900. The van der Waals surface area contributed by atoms with Crippen molar-refractivity contribution in [2.75, 3.05) is 20.8 Å². The quantitative estimate of drug-likeness (QED) is 0.758. The van der Waals surface area contributed by atoms with E-state index in [1.807, 2.05) is 6.92 Å². The van der Waals surface area contributed by atoms with Crippen molar-refractivity contribution in [1.82, 2.24) is 0 Å². The highest BCUT2D eigenvalue weighted by Crippen LogP contribution is 2.28. The Morgan fingerprint density at radius 2 is 1.87 bits per heavy atom. The zero-order valence-corrected chi connectivity index (χ0v) is 9.03. The zero-order valence-electron chi connectivity index (χ0n) is 9.03. The third-order valence-corrected chi connectivity index (χ3v) is 2.16. The molecule has 0 heterocycles. The maximum atomic E-state index is 11.4. The predicted molar refractivity (Wildman–Crippen MR) is 55.7 cm³/mol. The van der Waals surface area contributed by atoms with Crippen LogP contribution < -0.4 is 9.47 Å². The summed E-state index contributed by atoms with van der Waals surface area (Å²) in [5.41, 5.74) is 1.20. The van der Waals surface area contributed by atoms with Gasteiger partial charge < -0.3 is 14.6 Å². The van der Waals surface area contributed by atoms with Gasteiger partial charge in [0.2, 0.25) is 0 Å². The Bertz CT molecular complexity index is 371. The summed E-state index contributed by atoms with van der Waals surface area (Å²) in [5.74, 6) is 0.704. The van der Waals surface area contributed by atoms with Gasteiger partial charge in [-0.2, -0.15) is 0 Å². The SMILES string of the molecule is COc1cc(OC)c(C(=O)CO)cc1C. The molecule has 0 spiro atoms. The number of hydrogen-bond acceptors (Lipinski definition) is 4. The summed E-state index contributed by atoms with van der Waals surface area (Å²) >= 11 is 0. The molecular formula is C11H14O4. The summed E-state index contributed by atoms with van der Waals surface area (Å²) in [7, 11) is 3.02. The monoisotopic (exact) mass is 210 g/mol. The maximum Gasteiger partial charge on any atom is 0.191 e. The van der Waals surface area contributed by atoms with Crippen molar-refractivity contribution < 1.29 is 19.4 Å². The molecule has 0 fully saturated rings. The van der Waals surface area contributed by atoms with Crippen LogP contribution >= 0.6 is 0 Å². The fourth-order valence-electron chi connectivity index (χ4n) is 1.36. The second-order valence-corrected chi connectivity index (χ2v) is 3.10. The molecule has 0 saturated heterocycles. The lowest BCUT2D eigenvalue weighted by atomic mass is 10.1. The number of Topliss-reactive ketones (excluding diaryl/α,β-unsaturated/α-hetero) is 1. The van der Waals surface area contributed by atoms with Crippen LogP contribution in [0.25, 0.3) is 0 Å². The fourth-order valence-corrected chi connectivity index (χ4v) is 1.36. The number of aliphatic hydroxyl groups excluding tert-OH is 1. The van der Waals surface area contributed by atoms with Gasteiger partial charge in [-0.3, -0.25) is 4.79 Å². The van der Waals surface area contributed by atoms with Crippen LogP contribution in [0.3, 0.4) is 0 Å². The van der Waals surface area contributed by atoms with Crippen LogP contribution in [-0.2, 0) is 0 Å². The van der Waals surface area contributed by atoms with E-state index in [0.29, 0.717) is 17.1 Å². The van der Waals surface area contributed by atoms with E-state index in [1.54, 1.807) is 19.2 Å². The summed E-state index contributed by atoms with van der Waals surface area (Å²) in [4.78, 5) is 11.4. The molecule has 0 aliphatic carbocycles. The molecule has 1 N–H and O–H groups in total. The van der Waals surface area contributed by atoms with Crippen molar-refractivity contribution in [3.8, 4) is 11.5 Å². The van der Waals surface area contributed by atoms with Gasteiger partial charge in [0.05, 0.1) is 19.8 Å². The highest BCUT2D eigenvalue weighted by molar-refractivity contribution is 5.99. The van der Waals surface area contributed by atoms with Gasteiger partial charge in [-0.05, 0) is 18.6 Å². The average molecular weight is 210 g/mol. The molecule has 0 radical (unpaired) electrons. The van der Waals surface area contributed by atoms with Gasteiger partial charge in [-0.25, -0.2) is 0 Å². The Kier molecular flexibility index (Phi) is 3.68. The van der Waals surface area contributed by atoms with Crippen LogP contribution in [0.5, 0.6) is 11.5 Å². The Labute approximate surface area is 88.4 Å². The van der Waals surface area contributed by atoms with Crippen molar-refractivity contribution in [1.29, 1.82) is 0 Å². The van der Waals surface area contributed by atoms with E-state index in [0.717, 1.165) is 5.56 Å². The Morgan fingerprint density at radius 1 is 1.27 bits per heavy atom. The van der Waals surface area contributed by atoms with Crippen molar-refractivity contribution in [2.45, 2.75) is 6.92 Å². The first-order chi connectivity index (χ1) is 7.13. The van der Waals surface area contributed by atoms with Gasteiger partial charge in [0.1, 0.15) is 18.1 Å². The number of aliphatic hydroxyl groups is 1. The Hall–Kier alpha value is -1.55. The Balaban J connectivity index is 3.27. The number of ketones is 1. The number of rotatable bonds is 4. The molecule has 0 atom stereocenters. The van der Waals surface area contributed by atoms with E-state index in [9.17, 15) is 4.79 Å². The van der Waals surface area contributed by atoms with E-state index in [1.165, 1.54) is 7.11 Å². The van der Waals surface area contributed by atoms with Crippen molar-refractivity contribution >= 4 is 5.78 Å². The summed E-state index contributed by atoms with van der Waals surface area (Å²) in [5, 5.41) is 8.79. The first kappa shape index (κ1) is 11.5. The molecule has 15 heavy (non-hydrogen) atoms. The van der Waals surface area contributed by atoms with Crippen LogP contribution in [0.1, 0.15) is 15.9 Å². The summed E-state index contributed by atoms with van der Waals surface area (Å²) < 4.78 is 10.2. The second-order valence-electron chi connectivity index (χ2n) is 3.10.